The Morgan fingerprint density at radius 3 is 2.81 bits per heavy atom. The van der Waals surface area contributed by atoms with Crippen LogP contribution in [-0.2, 0) is 17.1 Å². The largest absolute Gasteiger partial charge is 0.488 e. The van der Waals surface area contributed by atoms with Gasteiger partial charge in [0.05, 0.1) is 18.4 Å². The highest BCUT2D eigenvalue weighted by atomic mass is 32.2. The Hall–Kier alpha value is -2.78. The van der Waals surface area contributed by atoms with Crippen molar-refractivity contribution in [1.82, 2.24) is 24.1 Å². The Morgan fingerprint density at radius 2 is 2.07 bits per heavy atom. The van der Waals surface area contributed by atoms with E-state index in [1.807, 2.05) is 30.3 Å². The van der Waals surface area contributed by atoms with Gasteiger partial charge in [-0.1, -0.05) is 12.1 Å². The van der Waals surface area contributed by atoms with E-state index in [9.17, 15) is 8.42 Å². The Labute approximate surface area is 157 Å². The molecule has 0 spiro atoms. The molecule has 1 aliphatic heterocycles. The summed E-state index contributed by atoms with van der Waals surface area (Å²) in [5.74, 6) is 0.682. The third kappa shape index (κ3) is 3.56. The summed E-state index contributed by atoms with van der Waals surface area (Å²) in [6, 6.07) is 9.42. The molecule has 0 bridgehead atoms. The lowest BCUT2D eigenvalue weighted by molar-refractivity contribution is 0.216. The molecule has 1 saturated heterocycles. The van der Waals surface area contributed by atoms with Crippen LogP contribution in [0.2, 0.25) is 0 Å². The summed E-state index contributed by atoms with van der Waals surface area (Å²) in [5, 5.41) is 3.95. The van der Waals surface area contributed by atoms with Gasteiger partial charge >= 0.3 is 0 Å². The highest BCUT2D eigenvalue weighted by molar-refractivity contribution is 7.89. The van der Waals surface area contributed by atoms with E-state index in [1.54, 1.807) is 13.2 Å². The van der Waals surface area contributed by atoms with Gasteiger partial charge in [-0.15, -0.1) is 0 Å². The van der Waals surface area contributed by atoms with Crippen molar-refractivity contribution in [3.05, 3.63) is 55.2 Å². The topological polar surface area (TPSA) is 90.2 Å². The number of hydrogen-bond acceptors (Lipinski definition) is 6. The first kappa shape index (κ1) is 17.6. The molecule has 1 atom stereocenters. The van der Waals surface area contributed by atoms with Crippen LogP contribution in [0.4, 0.5) is 0 Å². The SMILES string of the molecule is Cn1cc(S(=O)(=O)N2CCC(Oc3ccccc3-c3ccncn3)C2)cn1. The van der Waals surface area contributed by atoms with Gasteiger partial charge < -0.3 is 4.74 Å². The van der Waals surface area contributed by atoms with Crippen molar-refractivity contribution in [1.29, 1.82) is 0 Å². The highest BCUT2D eigenvalue weighted by Crippen LogP contribution is 2.31. The number of ether oxygens (including phenoxy) is 1. The molecule has 1 aromatic carbocycles. The summed E-state index contributed by atoms with van der Waals surface area (Å²) >= 11 is 0. The average molecular weight is 385 g/mol. The van der Waals surface area contributed by atoms with E-state index in [0.717, 1.165) is 11.3 Å². The molecule has 0 aliphatic carbocycles. The van der Waals surface area contributed by atoms with Gasteiger partial charge in [0.1, 0.15) is 23.1 Å². The summed E-state index contributed by atoms with van der Waals surface area (Å²) in [4.78, 5) is 8.41. The van der Waals surface area contributed by atoms with Crippen LogP contribution < -0.4 is 4.74 Å². The monoisotopic (exact) mass is 385 g/mol. The number of aromatic nitrogens is 4. The van der Waals surface area contributed by atoms with Crippen LogP contribution in [0.15, 0.2) is 60.1 Å². The maximum Gasteiger partial charge on any atom is 0.246 e. The van der Waals surface area contributed by atoms with Crippen LogP contribution in [0, 0.1) is 0 Å². The van der Waals surface area contributed by atoms with Crippen molar-refractivity contribution < 1.29 is 13.2 Å². The lowest BCUT2D eigenvalue weighted by atomic mass is 10.1. The van der Waals surface area contributed by atoms with E-state index in [4.69, 9.17) is 4.74 Å². The number of benzene rings is 1. The Kier molecular flexibility index (Phi) is 4.63. The standard InChI is InChI=1S/C18H19N5O3S/c1-22-12-15(10-21-22)27(24,25)23-9-7-14(11-23)26-18-5-3-2-4-16(18)17-6-8-19-13-20-17/h2-6,8,10,12-14H,7,9,11H2,1H3. The van der Waals surface area contributed by atoms with E-state index in [-0.39, 0.29) is 11.0 Å². The van der Waals surface area contributed by atoms with Gasteiger partial charge in [0.2, 0.25) is 10.0 Å². The molecule has 0 saturated carbocycles. The van der Waals surface area contributed by atoms with Gasteiger partial charge in [-0.2, -0.15) is 9.40 Å². The maximum atomic E-state index is 12.7. The van der Waals surface area contributed by atoms with E-state index in [2.05, 4.69) is 15.1 Å². The van der Waals surface area contributed by atoms with Gasteiger partial charge in [-0.3, -0.25) is 4.68 Å². The quantitative estimate of drug-likeness (QED) is 0.664. The number of aryl methyl sites for hydroxylation is 1. The first-order valence-electron chi connectivity index (χ1n) is 8.55. The Bertz CT molecular complexity index is 1040. The maximum absolute atomic E-state index is 12.7. The van der Waals surface area contributed by atoms with Crippen molar-refractivity contribution in [3.63, 3.8) is 0 Å². The van der Waals surface area contributed by atoms with E-state index < -0.39 is 10.0 Å². The van der Waals surface area contributed by atoms with Crippen LogP contribution in [0.3, 0.4) is 0 Å². The number of sulfonamides is 1. The lowest BCUT2D eigenvalue weighted by Gasteiger charge is -2.18. The summed E-state index contributed by atoms with van der Waals surface area (Å²) in [7, 11) is -1.86. The zero-order valence-electron chi connectivity index (χ0n) is 14.8. The minimum atomic E-state index is -3.56. The summed E-state index contributed by atoms with van der Waals surface area (Å²) in [6.45, 7) is 0.715. The molecule has 0 N–H and O–H groups in total. The number of para-hydroxylation sites is 1. The van der Waals surface area contributed by atoms with E-state index in [1.165, 1.54) is 27.7 Å². The second-order valence-electron chi connectivity index (χ2n) is 6.33. The molecule has 9 heteroatoms. The molecule has 8 nitrogen and oxygen atoms in total. The molecule has 3 aromatic rings. The van der Waals surface area contributed by atoms with Crippen LogP contribution in [-0.4, -0.2) is 51.7 Å². The van der Waals surface area contributed by atoms with Gasteiger partial charge in [0, 0.05) is 31.5 Å². The van der Waals surface area contributed by atoms with Crippen molar-refractivity contribution in [2.45, 2.75) is 17.4 Å². The second kappa shape index (κ2) is 7.09. The van der Waals surface area contributed by atoms with Gasteiger partial charge in [0.15, 0.2) is 0 Å². The van der Waals surface area contributed by atoms with Crippen LogP contribution >= 0.6 is 0 Å². The molecule has 3 heterocycles. The molecule has 1 fully saturated rings. The molecule has 140 valence electrons. The fourth-order valence-electron chi connectivity index (χ4n) is 3.10. The predicted octanol–water partition coefficient (Wildman–Crippen LogP) is 1.72. The molecule has 1 aliphatic rings. The van der Waals surface area contributed by atoms with Crippen molar-refractivity contribution in [2.24, 2.45) is 7.05 Å². The van der Waals surface area contributed by atoms with E-state index in [0.29, 0.717) is 25.3 Å². The van der Waals surface area contributed by atoms with Crippen molar-refractivity contribution >= 4 is 10.0 Å². The highest BCUT2D eigenvalue weighted by Gasteiger charge is 2.34. The molecule has 0 radical (unpaired) electrons. The Morgan fingerprint density at radius 1 is 1.22 bits per heavy atom. The first-order valence-corrected chi connectivity index (χ1v) is 9.99. The smallest absolute Gasteiger partial charge is 0.246 e. The van der Waals surface area contributed by atoms with Crippen molar-refractivity contribution in [2.75, 3.05) is 13.1 Å². The van der Waals surface area contributed by atoms with Gasteiger partial charge in [0.25, 0.3) is 0 Å². The van der Waals surface area contributed by atoms with Crippen LogP contribution in [0.1, 0.15) is 6.42 Å². The third-order valence-corrected chi connectivity index (χ3v) is 6.28. The van der Waals surface area contributed by atoms with Crippen molar-refractivity contribution in [3.8, 4) is 17.0 Å². The zero-order valence-corrected chi connectivity index (χ0v) is 15.6. The van der Waals surface area contributed by atoms with E-state index >= 15 is 0 Å². The molecule has 1 unspecified atom stereocenters. The average Bonchev–Trinajstić information content (AvgIpc) is 3.33. The minimum absolute atomic E-state index is 0.201. The second-order valence-corrected chi connectivity index (χ2v) is 8.27. The van der Waals surface area contributed by atoms with Crippen LogP contribution in [0.5, 0.6) is 5.75 Å². The lowest BCUT2D eigenvalue weighted by Crippen LogP contribution is -2.31. The number of hydrogen-bond donors (Lipinski definition) is 0. The number of nitrogens with zero attached hydrogens (tertiary/aromatic N) is 5. The predicted molar refractivity (Wildman–Crippen MR) is 98.5 cm³/mol. The molecule has 27 heavy (non-hydrogen) atoms. The normalized spacial score (nSPS) is 17.9. The molecule has 4 rings (SSSR count). The summed E-state index contributed by atoms with van der Waals surface area (Å²) in [6.07, 6.45) is 6.44. The Balaban J connectivity index is 1.52. The molecular formula is C18H19N5O3S. The zero-order chi connectivity index (χ0) is 18.9. The van der Waals surface area contributed by atoms with Gasteiger partial charge in [-0.25, -0.2) is 18.4 Å². The third-order valence-electron chi connectivity index (χ3n) is 4.47. The molecule has 2 aromatic heterocycles. The first-order chi connectivity index (χ1) is 13.0. The fraction of sp³-hybridized carbons (Fsp3) is 0.278. The van der Waals surface area contributed by atoms with Gasteiger partial charge in [-0.05, 0) is 24.6 Å². The summed E-state index contributed by atoms with van der Waals surface area (Å²) < 4.78 is 34.5. The molecule has 0 amide bonds. The fourth-order valence-corrected chi connectivity index (χ4v) is 4.58. The minimum Gasteiger partial charge on any atom is -0.488 e. The van der Waals surface area contributed by atoms with Crippen LogP contribution in [0.25, 0.3) is 11.3 Å². The number of rotatable bonds is 5. The molecular weight excluding hydrogens is 366 g/mol. The summed E-state index contributed by atoms with van der Waals surface area (Å²) in [5.41, 5.74) is 1.62.